The molecule has 5 nitrogen and oxygen atoms in total. The molecule has 7 heteroatoms. The van der Waals surface area contributed by atoms with Crippen LogP contribution in [0.5, 0.6) is 0 Å². The number of halogens is 1. The average molecular weight is 335 g/mol. The largest absolute Gasteiger partial charge is 0.380 e. The molecule has 0 aromatic heterocycles. The van der Waals surface area contributed by atoms with Crippen LogP contribution in [0.15, 0.2) is 23.1 Å². The minimum Gasteiger partial charge on any atom is -0.380 e. The monoisotopic (exact) mass is 334 g/mol. The standard InChI is InChI=1S/C14H23ClN2O3S/c1-4-17(8-9-20-5-2)21(18,19)14-10-12(11-16-3)6-7-13(14)15/h6-7,10,16H,4-5,8-9,11H2,1-3H3. The minimum absolute atomic E-state index is 0.148. The highest BCUT2D eigenvalue weighted by atomic mass is 35.5. The fourth-order valence-corrected chi connectivity index (χ4v) is 3.92. The normalized spacial score (nSPS) is 12.0. The van der Waals surface area contributed by atoms with Crippen LogP contribution in [0.2, 0.25) is 5.02 Å². The van der Waals surface area contributed by atoms with Crippen molar-refractivity contribution in [2.75, 3.05) is 33.4 Å². The summed E-state index contributed by atoms with van der Waals surface area (Å²) in [5.74, 6) is 0. The molecule has 1 aromatic rings. The molecular weight excluding hydrogens is 312 g/mol. The van der Waals surface area contributed by atoms with Gasteiger partial charge in [0.15, 0.2) is 0 Å². The van der Waals surface area contributed by atoms with Gasteiger partial charge < -0.3 is 10.1 Å². The number of ether oxygens (including phenoxy) is 1. The number of likely N-dealkylation sites (N-methyl/N-ethyl adjacent to an activating group) is 1. The second-order valence-corrected chi connectivity index (χ2v) is 6.80. The summed E-state index contributed by atoms with van der Waals surface area (Å²) in [7, 11) is -1.80. The summed E-state index contributed by atoms with van der Waals surface area (Å²) < 4.78 is 32.0. The van der Waals surface area contributed by atoms with Gasteiger partial charge in [0.25, 0.3) is 0 Å². The SMILES string of the molecule is CCOCCN(CC)S(=O)(=O)c1cc(CNC)ccc1Cl. The van der Waals surface area contributed by atoms with Crippen LogP contribution < -0.4 is 5.32 Å². The lowest BCUT2D eigenvalue weighted by Gasteiger charge is -2.21. The maximum atomic E-state index is 12.7. The number of rotatable bonds is 9. The Balaban J connectivity index is 3.06. The van der Waals surface area contributed by atoms with Gasteiger partial charge in [-0.2, -0.15) is 4.31 Å². The van der Waals surface area contributed by atoms with Crippen molar-refractivity contribution < 1.29 is 13.2 Å². The van der Waals surface area contributed by atoms with Crippen LogP contribution in [0.3, 0.4) is 0 Å². The molecule has 0 aliphatic carbocycles. The van der Waals surface area contributed by atoms with Crippen LogP contribution >= 0.6 is 11.6 Å². The van der Waals surface area contributed by atoms with E-state index in [1.807, 2.05) is 20.0 Å². The number of sulfonamides is 1. The lowest BCUT2D eigenvalue weighted by atomic mass is 10.2. The second-order valence-electron chi connectivity index (χ2n) is 4.49. The topological polar surface area (TPSA) is 58.6 Å². The molecule has 0 radical (unpaired) electrons. The van der Waals surface area contributed by atoms with E-state index in [4.69, 9.17) is 16.3 Å². The third kappa shape index (κ3) is 4.93. The van der Waals surface area contributed by atoms with Crippen LogP contribution in [0.25, 0.3) is 0 Å². The molecule has 0 amide bonds. The number of hydrogen-bond acceptors (Lipinski definition) is 4. The highest BCUT2D eigenvalue weighted by Crippen LogP contribution is 2.25. The van der Waals surface area contributed by atoms with Crippen molar-refractivity contribution in [3.8, 4) is 0 Å². The zero-order valence-corrected chi connectivity index (χ0v) is 14.3. The van der Waals surface area contributed by atoms with Gasteiger partial charge in [-0.05, 0) is 31.7 Å². The average Bonchev–Trinajstić information content (AvgIpc) is 2.45. The Kier molecular flexibility index (Phi) is 7.62. The van der Waals surface area contributed by atoms with Crippen molar-refractivity contribution in [1.82, 2.24) is 9.62 Å². The van der Waals surface area contributed by atoms with Gasteiger partial charge in [0.1, 0.15) is 4.90 Å². The predicted octanol–water partition coefficient (Wildman–Crippen LogP) is 2.11. The van der Waals surface area contributed by atoms with E-state index in [1.54, 1.807) is 19.1 Å². The van der Waals surface area contributed by atoms with E-state index in [1.165, 1.54) is 4.31 Å². The molecule has 0 aliphatic rings. The fourth-order valence-electron chi connectivity index (χ4n) is 1.96. The van der Waals surface area contributed by atoms with Crippen molar-refractivity contribution in [2.45, 2.75) is 25.3 Å². The summed E-state index contributed by atoms with van der Waals surface area (Å²) in [4.78, 5) is 0.148. The molecule has 0 spiro atoms. The van der Waals surface area contributed by atoms with Crippen LogP contribution in [-0.4, -0.2) is 46.1 Å². The first-order valence-electron chi connectivity index (χ1n) is 6.98. The van der Waals surface area contributed by atoms with E-state index in [-0.39, 0.29) is 9.92 Å². The maximum Gasteiger partial charge on any atom is 0.244 e. The Morgan fingerprint density at radius 3 is 2.62 bits per heavy atom. The molecule has 0 saturated carbocycles. The number of nitrogens with zero attached hydrogens (tertiary/aromatic N) is 1. The van der Waals surface area contributed by atoms with E-state index >= 15 is 0 Å². The lowest BCUT2D eigenvalue weighted by Crippen LogP contribution is -2.34. The summed E-state index contributed by atoms with van der Waals surface area (Å²) >= 11 is 6.09. The van der Waals surface area contributed by atoms with Gasteiger partial charge in [0.2, 0.25) is 10.0 Å². The van der Waals surface area contributed by atoms with Crippen molar-refractivity contribution in [3.05, 3.63) is 28.8 Å². The molecule has 0 atom stereocenters. The van der Waals surface area contributed by atoms with Gasteiger partial charge in [-0.25, -0.2) is 8.42 Å². The number of benzene rings is 1. The molecule has 0 heterocycles. The minimum atomic E-state index is -3.61. The molecule has 0 unspecified atom stereocenters. The lowest BCUT2D eigenvalue weighted by molar-refractivity contribution is 0.135. The molecule has 0 saturated heterocycles. The molecule has 0 aliphatic heterocycles. The van der Waals surface area contributed by atoms with E-state index in [2.05, 4.69) is 5.32 Å². The van der Waals surface area contributed by atoms with Crippen LogP contribution in [0, 0.1) is 0 Å². The van der Waals surface area contributed by atoms with Gasteiger partial charge in [-0.3, -0.25) is 0 Å². The smallest absolute Gasteiger partial charge is 0.244 e. The third-order valence-corrected chi connectivity index (χ3v) is 5.49. The quantitative estimate of drug-likeness (QED) is 0.703. The van der Waals surface area contributed by atoms with E-state index in [0.29, 0.717) is 32.8 Å². The predicted molar refractivity (Wildman–Crippen MR) is 85.1 cm³/mol. The zero-order valence-electron chi connectivity index (χ0n) is 12.7. The van der Waals surface area contributed by atoms with Gasteiger partial charge >= 0.3 is 0 Å². The fraction of sp³-hybridized carbons (Fsp3) is 0.571. The highest BCUT2D eigenvalue weighted by Gasteiger charge is 2.25. The number of hydrogen-bond donors (Lipinski definition) is 1. The molecule has 1 N–H and O–H groups in total. The first kappa shape index (κ1) is 18.4. The molecule has 1 rings (SSSR count). The Bertz CT molecular complexity index is 549. The Morgan fingerprint density at radius 2 is 2.05 bits per heavy atom. The van der Waals surface area contributed by atoms with Crippen molar-refractivity contribution in [2.24, 2.45) is 0 Å². The summed E-state index contributed by atoms with van der Waals surface area (Å²) in [6.07, 6.45) is 0. The van der Waals surface area contributed by atoms with Crippen molar-refractivity contribution in [3.63, 3.8) is 0 Å². The van der Waals surface area contributed by atoms with Gasteiger partial charge in [0, 0.05) is 26.2 Å². The Hall–Kier alpha value is -0.660. The Morgan fingerprint density at radius 1 is 1.33 bits per heavy atom. The maximum absolute atomic E-state index is 12.7. The third-order valence-electron chi connectivity index (χ3n) is 3.04. The first-order chi connectivity index (χ1) is 9.97. The molecule has 120 valence electrons. The molecule has 0 fully saturated rings. The van der Waals surface area contributed by atoms with Gasteiger partial charge in [0.05, 0.1) is 11.6 Å². The highest BCUT2D eigenvalue weighted by molar-refractivity contribution is 7.89. The summed E-state index contributed by atoms with van der Waals surface area (Å²) in [6, 6.07) is 5.06. The molecule has 21 heavy (non-hydrogen) atoms. The van der Waals surface area contributed by atoms with Crippen LogP contribution in [0.4, 0.5) is 0 Å². The van der Waals surface area contributed by atoms with Gasteiger partial charge in [-0.15, -0.1) is 0 Å². The molecular formula is C14H23ClN2O3S. The summed E-state index contributed by atoms with van der Waals surface area (Å²) in [5, 5.41) is 3.24. The second kappa shape index (κ2) is 8.70. The van der Waals surface area contributed by atoms with Crippen LogP contribution in [0.1, 0.15) is 19.4 Å². The van der Waals surface area contributed by atoms with E-state index in [0.717, 1.165) is 5.56 Å². The van der Waals surface area contributed by atoms with E-state index in [9.17, 15) is 8.42 Å². The van der Waals surface area contributed by atoms with Crippen molar-refractivity contribution in [1.29, 1.82) is 0 Å². The first-order valence-corrected chi connectivity index (χ1v) is 8.80. The summed E-state index contributed by atoms with van der Waals surface area (Å²) in [6.45, 7) is 5.90. The van der Waals surface area contributed by atoms with Crippen LogP contribution in [-0.2, 0) is 21.3 Å². The molecule has 1 aromatic carbocycles. The van der Waals surface area contributed by atoms with Crippen molar-refractivity contribution >= 4 is 21.6 Å². The van der Waals surface area contributed by atoms with Gasteiger partial charge in [-0.1, -0.05) is 24.6 Å². The Labute approximate surface area is 132 Å². The zero-order chi connectivity index (χ0) is 15.9. The van der Waals surface area contributed by atoms with E-state index < -0.39 is 10.0 Å². The summed E-state index contributed by atoms with van der Waals surface area (Å²) in [5.41, 5.74) is 0.876. The number of nitrogens with one attached hydrogen (secondary N) is 1. The molecule has 0 bridgehead atoms.